The molecule has 7 nitrogen and oxygen atoms in total. The summed E-state index contributed by atoms with van der Waals surface area (Å²) in [5.41, 5.74) is 2.14. The molecule has 0 radical (unpaired) electrons. The number of piperidine rings is 1. The quantitative estimate of drug-likeness (QED) is 0.604. The molecule has 2 unspecified atom stereocenters. The first-order valence-electron chi connectivity index (χ1n) is 11.4. The lowest BCUT2D eigenvalue weighted by atomic mass is 9.79. The lowest BCUT2D eigenvalue weighted by Crippen LogP contribution is -2.59. The highest BCUT2D eigenvalue weighted by Crippen LogP contribution is 2.40. The Morgan fingerprint density at radius 1 is 1.16 bits per heavy atom. The molecule has 5 atom stereocenters. The van der Waals surface area contributed by atoms with E-state index in [-0.39, 0.29) is 17.9 Å². The second-order valence-electron chi connectivity index (χ2n) is 8.95. The summed E-state index contributed by atoms with van der Waals surface area (Å²) < 4.78 is 0. The molecule has 1 aromatic rings. The Labute approximate surface area is 187 Å². The molecule has 2 heterocycles. The number of benzene rings is 1. The molecule has 2 saturated heterocycles. The molecule has 0 aromatic heterocycles. The number of carbonyl (C=O) groups is 3. The molecule has 2 aliphatic heterocycles. The largest absolute Gasteiger partial charge is 0.480 e. The van der Waals surface area contributed by atoms with Gasteiger partial charge in [-0.1, -0.05) is 54.1 Å². The summed E-state index contributed by atoms with van der Waals surface area (Å²) in [6, 6.07) is 6.99. The number of carboxylic acids is 2. The number of nitrogens with zero attached hydrogens (tertiary/aromatic N) is 1. The molecule has 1 amide bonds. The standard InChI is InChI=1S/C25H30N2O5/c28-23-20(26-19(24(29)30)14-13-16-7-2-1-3-8-16)15-17-9-4-5-10-18(17)21-11-6-12-22(25(31)32)27(21)23/h1-5,7-9,18-22,26H,6,10-15H2,(H,29,30)(H,31,32)/t18?,19?,20-,21+,22-/m0/s1. The van der Waals surface area contributed by atoms with Crippen molar-refractivity contribution in [1.29, 1.82) is 0 Å². The average Bonchev–Trinajstić information content (AvgIpc) is 2.92. The van der Waals surface area contributed by atoms with E-state index in [4.69, 9.17) is 0 Å². The van der Waals surface area contributed by atoms with E-state index < -0.39 is 30.1 Å². The van der Waals surface area contributed by atoms with E-state index in [2.05, 4.69) is 11.4 Å². The lowest BCUT2D eigenvalue weighted by molar-refractivity contribution is -0.156. The third-order valence-electron chi connectivity index (χ3n) is 6.99. The van der Waals surface area contributed by atoms with E-state index in [0.29, 0.717) is 25.7 Å². The van der Waals surface area contributed by atoms with Gasteiger partial charge in [0.2, 0.25) is 5.91 Å². The maximum atomic E-state index is 13.6. The summed E-state index contributed by atoms with van der Waals surface area (Å²) in [6.45, 7) is 0. The van der Waals surface area contributed by atoms with E-state index >= 15 is 0 Å². The smallest absolute Gasteiger partial charge is 0.326 e. The number of allylic oxidation sites excluding steroid dienone is 3. The van der Waals surface area contributed by atoms with Crippen molar-refractivity contribution in [2.75, 3.05) is 0 Å². The zero-order valence-electron chi connectivity index (χ0n) is 18.0. The van der Waals surface area contributed by atoms with Gasteiger partial charge in [0.25, 0.3) is 0 Å². The minimum atomic E-state index is -1.00. The number of rotatable bonds is 7. The average molecular weight is 439 g/mol. The molecular weight excluding hydrogens is 408 g/mol. The molecular formula is C25H30N2O5. The van der Waals surface area contributed by atoms with Crippen molar-refractivity contribution in [3.05, 3.63) is 59.7 Å². The van der Waals surface area contributed by atoms with Crippen LogP contribution in [0, 0.1) is 5.92 Å². The van der Waals surface area contributed by atoms with Gasteiger partial charge in [-0.3, -0.25) is 14.9 Å². The van der Waals surface area contributed by atoms with Crippen molar-refractivity contribution in [2.45, 2.75) is 69.1 Å². The zero-order chi connectivity index (χ0) is 22.7. The molecule has 0 bridgehead atoms. The Bertz CT molecular complexity index is 926. The van der Waals surface area contributed by atoms with Crippen LogP contribution in [0.3, 0.4) is 0 Å². The van der Waals surface area contributed by atoms with Crippen LogP contribution in [0.2, 0.25) is 0 Å². The number of nitrogens with one attached hydrogen (secondary N) is 1. The molecule has 3 aliphatic rings. The van der Waals surface area contributed by atoms with Gasteiger partial charge in [-0.05, 0) is 50.5 Å². The minimum Gasteiger partial charge on any atom is -0.480 e. The Balaban J connectivity index is 1.59. The SMILES string of the molecule is O=C(O)C(CCc1ccccc1)N[C@H]1CC2=CC=CCC2[C@H]2CCC[C@@H](C(=O)O)N2C1=O. The third kappa shape index (κ3) is 4.63. The highest BCUT2D eigenvalue weighted by Gasteiger charge is 2.47. The van der Waals surface area contributed by atoms with Gasteiger partial charge < -0.3 is 15.1 Å². The Hall–Kier alpha value is -2.93. The predicted octanol–water partition coefficient (Wildman–Crippen LogP) is 2.77. The lowest BCUT2D eigenvalue weighted by Gasteiger charge is -2.43. The van der Waals surface area contributed by atoms with Crippen molar-refractivity contribution >= 4 is 17.8 Å². The van der Waals surface area contributed by atoms with Crippen molar-refractivity contribution < 1.29 is 24.6 Å². The molecule has 0 spiro atoms. The summed E-state index contributed by atoms with van der Waals surface area (Å²) in [5.74, 6) is -2.19. The van der Waals surface area contributed by atoms with Gasteiger partial charge in [-0.2, -0.15) is 0 Å². The monoisotopic (exact) mass is 438 g/mol. The van der Waals surface area contributed by atoms with Crippen molar-refractivity contribution in [1.82, 2.24) is 10.2 Å². The van der Waals surface area contributed by atoms with Crippen molar-refractivity contribution in [2.24, 2.45) is 5.92 Å². The number of hydrogen-bond donors (Lipinski definition) is 3. The van der Waals surface area contributed by atoms with Crippen LogP contribution in [-0.4, -0.2) is 57.1 Å². The van der Waals surface area contributed by atoms with E-state index in [9.17, 15) is 24.6 Å². The first-order valence-corrected chi connectivity index (χ1v) is 11.4. The second-order valence-corrected chi connectivity index (χ2v) is 8.95. The summed E-state index contributed by atoms with van der Waals surface area (Å²) in [6.07, 6.45) is 10.1. The summed E-state index contributed by atoms with van der Waals surface area (Å²) in [7, 11) is 0. The molecule has 1 aliphatic carbocycles. The number of aliphatic carboxylic acids is 2. The number of fused-ring (bicyclic) bond motifs is 3. The molecule has 4 rings (SSSR count). The molecule has 1 aromatic carbocycles. The fourth-order valence-electron chi connectivity index (χ4n) is 5.41. The molecule has 32 heavy (non-hydrogen) atoms. The minimum absolute atomic E-state index is 0.0884. The normalized spacial score (nSPS) is 28.2. The number of amides is 1. The maximum Gasteiger partial charge on any atom is 0.326 e. The Morgan fingerprint density at radius 3 is 2.66 bits per heavy atom. The summed E-state index contributed by atoms with van der Waals surface area (Å²) in [5, 5.41) is 22.7. The fraction of sp³-hybridized carbons (Fsp3) is 0.480. The predicted molar refractivity (Wildman–Crippen MR) is 119 cm³/mol. The Kier molecular flexibility index (Phi) is 6.74. The van der Waals surface area contributed by atoms with Crippen LogP contribution in [0.5, 0.6) is 0 Å². The van der Waals surface area contributed by atoms with Crippen LogP contribution in [-0.2, 0) is 20.8 Å². The van der Waals surface area contributed by atoms with Crippen LogP contribution in [0.15, 0.2) is 54.1 Å². The van der Waals surface area contributed by atoms with E-state index in [1.165, 1.54) is 0 Å². The van der Waals surface area contributed by atoms with Gasteiger partial charge in [-0.15, -0.1) is 0 Å². The molecule has 7 heteroatoms. The first-order chi connectivity index (χ1) is 15.5. The fourth-order valence-corrected chi connectivity index (χ4v) is 5.41. The van der Waals surface area contributed by atoms with E-state index in [1.807, 2.05) is 42.5 Å². The zero-order valence-corrected chi connectivity index (χ0v) is 18.0. The van der Waals surface area contributed by atoms with E-state index in [1.54, 1.807) is 4.90 Å². The number of aryl methyl sites for hydroxylation is 1. The van der Waals surface area contributed by atoms with Crippen molar-refractivity contribution in [3.8, 4) is 0 Å². The van der Waals surface area contributed by atoms with Crippen LogP contribution in [0.1, 0.15) is 44.1 Å². The molecule has 170 valence electrons. The van der Waals surface area contributed by atoms with Crippen LogP contribution in [0.25, 0.3) is 0 Å². The second kappa shape index (κ2) is 9.69. The summed E-state index contributed by atoms with van der Waals surface area (Å²) in [4.78, 5) is 39.2. The Morgan fingerprint density at radius 2 is 1.94 bits per heavy atom. The van der Waals surface area contributed by atoms with Gasteiger partial charge >= 0.3 is 11.9 Å². The van der Waals surface area contributed by atoms with Crippen molar-refractivity contribution in [3.63, 3.8) is 0 Å². The number of hydrogen-bond acceptors (Lipinski definition) is 4. The van der Waals surface area contributed by atoms with Gasteiger partial charge in [0, 0.05) is 12.0 Å². The summed E-state index contributed by atoms with van der Waals surface area (Å²) >= 11 is 0. The molecule has 2 fully saturated rings. The highest BCUT2D eigenvalue weighted by atomic mass is 16.4. The van der Waals surface area contributed by atoms with Gasteiger partial charge in [-0.25, -0.2) is 4.79 Å². The van der Waals surface area contributed by atoms with Gasteiger partial charge in [0.05, 0.1) is 6.04 Å². The number of carboxylic acid groups (broad SMARTS) is 2. The molecule has 3 N–H and O–H groups in total. The first kappa shape index (κ1) is 22.3. The van der Waals surface area contributed by atoms with Crippen LogP contribution < -0.4 is 5.32 Å². The van der Waals surface area contributed by atoms with Crippen LogP contribution in [0.4, 0.5) is 0 Å². The third-order valence-corrected chi connectivity index (χ3v) is 6.99. The highest BCUT2D eigenvalue weighted by molar-refractivity contribution is 5.89. The topological polar surface area (TPSA) is 107 Å². The van der Waals surface area contributed by atoms with Crippen LogP contribution >= 0.6 is 0 Å². The number of carbonyl (C=O) groups excluding carboxylic acids is 1. The molecule has 0 saturated carbocycles. The van der Waals surface area contributed by atoms with Gasteiger partial charge in [0.15, 0.2) is 0 Å². The van der Waals surface area contributed by atoms with Gasteiger partial charge in [0.1, 0.15) is 12.1 Å². The maximum absolute atomic E-state index is 13.6. The van der Waals surface area contributed by atoms with E-state index in [0.717, 1.165) is 30.4 Å².